The summed E-state index contributed by atoms with van der Waals surface area (Å²) >= 11 is 0. The molecule has 0 aromatic heterocycles. The monoisotopic (exact) mass is 298 g/mol. The lowest BCUT2D eigenvalue weighted by molar-refractivity contribution is 0.161. The first-order valence-corrected chi connectivity index (χ1v) is 8.37. The fourth-order valence-electron chi connectivity index (χ4n) is 2.40. The van der Waals surface area contributed by atoms with Crippen LogP contribution in [0.4, 0.5) is 5.69 Å². The molecule has 0 saturated heterocycles. The van der Waals surface area contributed by atoms with Gasteiger partial charge in [0.25, 0.3) is 0 Å². The summed E-state index contributed by atoms with van der Waals surface area (Å²) in [5.74, 6) is 0.146. The SMILES string of the molecule is COCC(C)CNS(=O)(=O)c1cccc2c1CCCN2. The fraction of sp³-hybridized carbons (Fsp3) is 0.571. The van der Waals surface area contributed by atoms with E-state index in [0.717, 1.165) is 30.6 Å². The molecule has 1 unspecified atom stereocenters. The molecule has 6 heteroatoms. The normalized spacial score (nSPS) is 16.3. The number of anilines is 1. The molecular formula is C14H22N2O3S. The van der Waals surface area contributed by atoms with Gasteiger partial charge >= 0.3 is 0 Å². The molecule has 0 bridgehead atoms. The Bertz CT molecular complexity index is 558. The van der Waals surface area contributed by atoms with Gasteiger partial charge in [-0.25, -0.2) is 13.1 Å². The Morgan fingerprint density at radius 3 is 3.00 bits per heavy atom. The molecule has 1 heterocycles. The summed E-state index contributed by atoms with van der Waals surface area (Å²) in [5.41, 5.74) is 1.83. The van der Waals surface area contributed by atoms with Crippen LogP contribution in [0.3, 0.4) is 0 Å². The molecule has 2 rings (SSSR count). The second-order valence-corrected chi connectivity index (χ2v) is 6.96. The number of fused-ring (bicyclic) bond motifs is 1. The molecule has 0 spiro atoms. The number of nitrogens with one attached hydrogen (secondary N) is 2. The van der Waals surface area contributed by atoms with E-state index in [9.17, 15) is 8.42 Å². The fourth-order valence-corrected chi connectivity index (χ4v) is 3.86. The first kappa shape index (κ1) is 15.3. The molecule has 1 aliphatic heterocycles. The molecule has 20 heavy (non-hydrogen) atoms. The highest BCUT2D eigenvalue weighted by Crippen LogP contribution is 2.28. The van der Waals surface area contributed by atoms with Gasteiger partial charge in [0, 0.05) is 32.5 Å². The molecule has 0 radical (unpaired) electrons. The molecule has 0 aliphatic carbocycles. The topological polar surface area (TPSA) is 67.4 Å². The van der Waals surface area contributed by atoms with E-state index in [1.165, 1.54) is 0 Å². The van der Waals surface area contributed by atoms with Crippen LogP contribution in [0.25, 0.3) is 0 Å². The third-order valence-corrected chi connectivity index (χ3v) is 4.92. The maximum atomic E-state index is 12.4. The van der Waals surface area contributed by atoms with Gasteiger partial charge in [-0.1, -0.05) is 13.0 Å². The summed E-state index contributed by atoms with van der Waals surface area (Å²) < 4.78 is 32.6. The second-order valence-electron chi connectivity index (χ2n) is 5.23. The van der Waals surface area contributed by atoms with E-state index >= 15 is 0 Å². The predicted octanol–water partition coefficient (Wildman–Crippen LogP) is 1.61. The van der Waals surface area contributed by atoms with Gasteiger partial charge in [-0.05, 0) is 36.5 Å². The van der Waals surface area contributed by atoms with E-state index in [-0.39, 0.29) is 5.92 Å². The third-order valence-electron chi connectivity index (χ3n) is 3.41. The molecule has 112 valence electrons. The average molecular weight is 298 g/mol. The summed E-state index contributed by atoms with van der Waals surface area (Å²) in [4.78, 5) is 0.395. The standard InChI is InChI=1S/C14H22N2O3S/c1-11(10-19-2)9-16-20(17,18)14-7-3-6-13-12(14)5-4-8-15-13/h3,6-7,11,15-16H,4-5,8-10H2,1-2H3. The van der Waals surface area contributed by atoms with Crippen LogP contribution in [0, 0.1) is 5.92 Å². The minimum absolute atomic E-state index is 0.146. The highest BCUT2D eigenvalue weighted by molar-refractivity contribution is 7.89. The number of rotatable bonds is 6. The van der Waals surface area contributed by atoms with Crippen molar-refractivity contribution in [1.29, 1.82) is 0 Å². The third kappa shape index (κ3) is 3.50. The van der Waals surface area contributed by atoms with Crippen molar-refractivity contribution in [3.63, 3.8) is 0 Å². The Morgan fingerprint density at radius 2 is 2.25 bits per heavy atom. The van der Waals surface area contributed by atoms with E-state index in [4.69, 9.17) is 4.74 Å². The van der Waals surface area contributed by atoms with Crippen molar-refractivity contribution >= 4 is 15.7 Å². The Labute approximate surface area is 120 Å². The number of hydrogen-bond donors (Lipinski definition) is 2. The van der Waals surface area contributed by atoms with Gasteiger partial charge < -0.3 is 10.1 Å². The highest BCUT2D eigenvalue weighted by atomic mass is 32.2. The van der Waals surface area contributed by atoms with E-state index in [0.29, 0.717) is 18.0 Å². The van der Waals surface area contributed by atoms with Crippen LogP contribution < -0.4 is 10.0 Å². The smallest absolute Gasteiger partial charge is 0.240 e. The van der Waals surface area contributed by atoms with Gasteiger partial charge in [0.05, 0.1) is 4.90 Å². The minimum atomic E-state index is -3.46. The number of sulfonamides is 1. The molecule has 1 atom stereocenters. The van der Waals surface area contributed by atoms with Crippen LogP contribution in [-0.2, 0) is 21.2 Å². The van der Waals surface area contributed by atoms with Crippen molar-refractivity contribution in [2.45, 2.75) is 24.7 Å². The zero-order valence-corrected chi connectivity index (χ0v) is 12.8. The lowest BCUT2D eigenvalue weighted by atomic mass is 10.0. The summed E-state index contributed by atoms with van der Waals surface area (Å²) in [7, 11) is -1.85. The Morgan fingerprint density at radius 1 is 1.45 bits per heavy atom. The van der Waals surface area contributed by atoms with Crippen molar-refractivity contribution in [2.75, 3.05) is 32.1 Å². The number of hydrogen-bond acceptors (Lipinski definition) is 4. The maximum absolute atomic E-state index is 12.4. The lowest BCUT2D eigenvalue weighted by Crippen LogP contribution is -2.31. The molecular weight excluding hydrogens is 276 g/mol. The molecule has 1 aliphatic rings. The number of methoxy groups -OCH3 is 1. The molecule has 0 amide bonds. The summed E-state index contributed by atoms with van der Waals surface area (Å²) in [6.07, 6.45) is 1.76. The first-order valence-electron chi connectivity index (χ1n) is 6.89. The Balaban J connectivity index is 2.17. The van der Waals surface area contributed by atoms with Crippen molar-refractivity contribution in [2.24, 2.45) is 5.92 Å². The summed E-state index contributed by atoms with van der Waals surface area (Å²) in [6, 6.07) is 5.39. The van der Waals surface area contributed by atoms with Gasteiger partial charge in [-0.2, -0.15) is 0 Å². The zero-order chi connectivity index (χ0) is 14.6. The van der Waals surface area contributed by atoms with Crippen LogP contribution in [0.2, 0.25) is 0 Å². The lowest BCUT2D eigenvalue weighted by Gasteiger charge is -2.21. The number of ether oxygens (including phenoxy) is 1. The average Bonchev–Trinajstić information content (AvgIpc) is 2.45. The van der Waals surface area contributed by atoms with Crippen molar-refractivity contribution in [3.8, 4) is 0 Å². The van der Waals surface area contributed by atoms with Crippen LogP contribution in [0.5, 0.6) is 0 Å². The second kappa shape index (κ2) is 6.56. The largest absolute Gasteiger partial charge is 0.385 e. The minimum Gasteiger partial charge on any atom is -0.385 e. The van der Waals surface area contributed by atoms with E-state index in [1.54, 1.807) is 19.2 Å². The van der Waals surface area contributed by atoms with E-state index < -0.39 is 10.0 Å². The predicted molar refractivity (Wildman–Crippen MR) is 79.5 cm³/mol. The van der Waals surface area contributed by atoms with Crippen LogP contribution >= 0.6 is 0 Å². The van der Waals surface area contributed by atoms with Crippen LogP contribution in [0.15, 0.2) is 23.1 Å². The number of benzene rings is 1. The Kier molecular flexibility index (Phi) is 5.01. The first-order chi connectivity index (χ1) is 9.54. The molecule has 5 nitrogen and oxygen atoms in total. The van der Waals surface area contributed by atoms with E-state index in [2.05, 4.69) is 10.0 Å². The van der Waals surface area contributed by atoms with Gasteiger partial charge in [-0.15, -0.1) is 0 Å². The van der Waals surface area contributed by atoms with Crippen molar-refractivity contribution in [1.82, 2.24) is 4.72 Å². The Hall–Kier alpha value is -1.11. The van der Waals surface area contributed by atoms with Crippen LogP contribution in [-0.4, -0.2) is 35.2 Å². The quantitative estimate of drug-likeness (QED) is 0.837. The molecule has 0 fully saturated rings. The molecule has 2 N–H and O–H groups in total. The van der Waals surface area contributed by atoms with Gasteiger partial charge in [-0.3, -0.25) is 0 Å². The van der Waals surface area contributed by atoms with Gasteiger partial charge in [0.15, 0.2) is 0 Å². The van der Waals surface area contributed by atoms with Gasteiger partial charge in [0.2, 0.25) is 10.0 Å². The summed E-state index contributed by atoms with van der Waals surface area (Å²) in [5, 5.41) is 3.25. The summed E-state index contributed by atoms with van der Waals surface area (Å²) in [6.45, 7) is 3.77. The maximum Gasteiger partial charge on any atom is 0.240 e. The van der Waals surface area contributed by atoms with E-state index in [1.807, 2.05) is 13.0 Å². The zero-order valence-electron chi connectivity index (χ0n) is 12.0. The van der Waals surface area contributed by atoms with Crippen molar-refractivity contribution in [3.05, 3.63) is 23.8 Å². The molecule has 1 aromatic carbocycles. The highest BCUT2D eigenvalue weighted by Gasteiger charge is 2.22. The van der Waals surface area contributed by atoms with Crippen molar-refractivity contribution < 1.29 is 13.2 Å². The molecule has 0 saturated carbocycles. The molecule has 1 aromatic rings. The van der Waals surface area contributed by atoms with Crippen LogP contribution in [0.1, 0.15) is 18.9 Å². The van der Waals surface area contributed by atoms with Gasteiger partial charge in [0.1, 0.15) is 0 Å².